The van der Waals surface area contributed by atoms with Crippen LogP contribution in [0.2, 0.25) is 0 Å². The van der Waals surface area contributed by atoms with Crippen LogP contribution in [0.25, 0.3) is 0 Å². The molecule has 0 aliphatic carbocycles. The summed E-state index contributed by atoms with van der Waals surface area (Å²) < 4.78 is 4.64. The van der Waals surface area contributed by atoms with Crippen LogP contribution in [0, 0.1) is 0 Å². The number of fused-ring (bicyclic) bond motifs is 2. The van der Waals surface area contributed by atoms with E-state index in [9.17, 15) is 9.90 Å². The number of carbonyl (C=O) groups is 1. The van der Waals surface area contributed by atoms with Crippen LogP contribution in [0.3, 0.4) is 0 Å². The zero-order chi connectivity index (χ0) is 10.3. The minimum absolute atomic E-state index is 0.345. The van der Waals surface area contributed by atoms with Gasteiger partial charge in [-0.2, -0.15) is 0 Å². The van der Waals surface area contributed by atoms with Crippen molar-refractivity contribution in [2.45, 2.75) is 43.4 Å². The van der Waals surface area contributed by atoms with Crippen LogP contribution >= 0.6 is 0 Å². The number of piperidine rings is 1. The number of aliphatic hydroxyl groups is 1. The molecule has 0 spiro atoms. The summed E-state index contributed by atoms with van der Waals surface area (Å²) in [6.07, 6.45) is 3.21. The number of hydrogen-bond donors (Lipinski definition) is 1. The first-order valence-corrected chi connectivity index (χ1v) is 5.09. The summed E-state index contributed by atoms with van der Waals surface area (Å²) in [4.78, 5) is 13.7. The molecule has 2 rings (SSSR count). The molecule has 80 valence electrons. The maximum atomic E-state index is 11.4. The summed E-state index contributed by atoms with van der Waals surface area (Å²) in [5, 5.41) is 10.1. The molecule has 0 radical (unpaired) electrons. The lowest BCUT2D eigenvalue weighted by Gasteiger charge is -2.40. The highest BCUT2D eigenvalue weighted by Gasteiger charge is 2.50. The van der Waals surface area contributed by atoms with E-state index in [4.69, 9.17) is 0 Å². The van der Waals surface area contributed by atoms with Crippen molar-refractivity contribution in [2.24, 2.45) is 0 Å². The van der Waals surface area contributed by atoms with Crippen LogP contribution in [0.4, 0.5) is 0 Å². The van der Waals surface area contributed by atoms with Crippen LogP contribution in [0.1, 0.15) is 25.7 Å². The molecule has 4 nitrogen and oxygen atoms in total. The summed E-state index contributed by atoms with van der Waals surface area (Å²) in [7, 11) is 3.40. The maximum absolute atomic E-state index is 11.4. The smallest absolute Gasteiger partial charge is 0.337 e. The Morgan fingerprint density at radius 3 is 2.36 bits per heavy atom. The zero-order valence-corrected chi connectivity index (χ0v) is 8.69. The van der Waals surface area contributed by atoms with E-state index in [0.717, 1.165) is 12.8 Å². The summed E-state index contributed by atoms with van der Waals surface area (Å²) in [5.74, 6) is -0.470. The Bertz CT molecular complexity index is 240. The highest BCUT2D eigenvalue weighted by atomic mass is 16.5. The van der Waals surface area contributed by atoms with Crippen molar-refractivity contribution < 1.29 is 14.6 Å². The second kappa shape index (κ2) is 3.21. The molecule has 0 amide bonds. The molecule has 2 heterocycles. The largest absolute Gasteiger partial charge is 0.467 e. The van der Waals surface area contributed by atoms with Crippen molar-refractivity contribution in [3.63, 3.8) is 0 Å². The Kier molecular flexibility index (Phi) is 2.27. The molecule has 0 aromatic rings. The van der Waals surface area contributed by atoms with Crippen LogP contribution in [0.15, 0.2) is 0 Å². The second-order valence-electron chi connectivity index (χ2n) is 4.48. The standard InChI is InChI=1S/C10H17NO3/c1-11-7-3-4-8(11)6-10(13,5-7)9(12)14-2/h7-8,13H,3-6H2,1-2H3/t7-,8+,10?. The van der Waals surface area contributed by atoms with E-state index < -0.39 is 11.6 Å². The number of methoxy groups -OCH3 is 1. The quantitative estimate of drug-likeness (QED) is 0.611. The normalized spacial score (nSPS) is 42.5. The highest BCUT2D eigenvalue weighted by Crippen LogP contribution is 2.40. The van der Waals surface area contributed by atoms with Gasteiger partial charge in [-0.05, 0) is 19.9 Å². The first-order valence-electron chi connectivity index (χ1n) is 5.09. The summed E-state index contributed by atoms with van der Waals surface area (Å²) in [6, 6.07) is 0.690. The number of hydrogen-bond acceptors (Lipinski definition) is 4. The van der Waals surface area contributed by atoms with Gasteiger partial charge in [-0.1, -0.05) is 0 Å². The van der Waals surface area contributed by atoms with Crippen molar-refractivity contribution in [1.29, 1.82) is 0 Å². The molecule has 2 aliphatic heterocycles. The molecule has 14 heavy (non-hydrogen) atoms. The summed E-state index contributed by atoms with van der Waals surface area (Å²) >= 11 is 0. The van der Waals surface area contributed by atoms with E-state index in [1.54, 1.807) is 0 Å². The molecule has 1 N–H and O–H groups in total. The van der Waals surface area contributed by atoms with Crippen LogP contribution < -0.4 is 0 Å². The topological polar surface area (TPSA) is 49.8 Å². The fourth-order valence-electron chi connectivity index (χ4n) is 2.80. The SMILES string of the molecule is COC(=O)C1(O)C[C@H]2CC[C@@H](C1)N2C. The van der Waals surface area contributed by atoms with Gasteiger partial charge in [-0.25, -0.2) is 4.79 Å². The van der Waals surface area contributed by atoms with Gasteiger partial charge in [0.2, 0.25) is 0 Å². The van der Waals surface area contributed by atoms with Gasteiger partial charge in [0.1, 0.15) is 0 Å². The Hall–Kier alpha value is -0.610. The molecule has 2 saturated heterocycles. The third-order valence-corrected chi connectivity index (χ3v) is 3.70. The lowest BCUT2D eigenvalue weighted by atomic mass is 9.86. The third kappa shape index (κ3) is 1.33. The van der Waals surface area contributed by atoms with E-state index in [1.807, 2.05) is 0 Å². The van der Waals surface area contributed by atoms with Crippen molar-refractivity contribution in [3.05, 3.63) is 0 Å². The highest BCUT2D eigenvalue weighted by molar-refractivity contribution is 5.79. The molecule has 0 saturated carbocycles. The average Bonchev–Trinajstić information content (AvgIpc) is 2.42. The Labute approximate surface area is 83.8 Å². The first kappa shape index (κ1) is 9.93. The van der Waals surface area contributed by atoms with Gasteiger partial charge in [0.15, 0.2) is 5.60 Å². The van der Waals surface area contributed by atoms with E-state index in [0.29, 0.717) is 24.9 Å². The second-order valence-corrected chi connectivity index (χ2v) is 4.48. The minimum Gasteiger partial charge on any atom is -0.467 e. The summed E-state index contributed by atoms with van der Waals surface area (Å²) in [5.41, 5.74) is -1.23. The summed E-state index contributed by atoms with van der Waals surface area (Å²) in [6.45, 7) is 0. The van der Waals surface area contributed by atoms with Crippen molar-refractivity contribution in [2.75, 3.05) is 14.2 Å². The molecule has 0 aromatic heterocycles. The minimum atomic E-state index is -1.23. The number of ether oxygens (including phenoxy) is 1. The van der Waals surface area contributed by atoms with Gasteiger partial charge in [0.05, 0.1) is 7.11 Å². The molecule has 3 atom stereocenters. The van der Waals surface area contributed by atoms with Crippen molar-refractivity contribution in [1.82, 2.24) is 4.90 Å². The van der Waals surface area contributed by atoms with Gasteiger partial charge in [0.25, 0.3) is 0 Å². The molecule has 2 fully saturated rings. The van der Waals surface area contributed by atoms with Gasteiger partial charge >= 0.3 is 5.97 Å². The van der Waals surface area contributed by atoms with Gasteiger partial charge in [0, 0.05) is 24.9 Å². The average molecular weight is 199 g/mol. The fourth-order valence-corrected chi connectivity index (χ4v) is 2.80. The molecule has 1 unspecified atom stereocenters. The number of nitrogens with zero attached hydrogens (tertiary/aromatic N) is 1. The van der Waals surface area contributed by atoms with Gasteiger partial charge < -0.3 is 14.7 Å². The molecule has 0 aromatic carbocycles. The van der Waals surface area contributed by atoms with Gasteiger partial charge in [-0.15, -0.1) is 0 Å². The Morgan fingerprint density at radius 1 is 1.43 bits per heavy atom. The fraction of sp³-hybridized carbons (Fsp3) is 0.900. The van der Waals surface area contributed by atoms with E-state index in [2.05, 4.69) is 16.7 Å². The molecule has 4 heteroatoms. The van der Waals surface area contributed by atoms with Crippen LogP contribution in [0.5, 0.6) is 0 Å². The van der Waals surface area contributed by atoms with E-state index in [-0.39, 0.29) is 0 Å². The predicted molar refractivity (Wildman–Crippen MR) is 50.8 cm³/mol. The zero-order valence-electron chi connectivity index (χ0n) is 8.69. The van der Waals surface area contributed by atoms with Crippen LogP contribution in [-0.4, -0.2) is 47.8 Å². The van der Waals surface area contributed by atoms with Crippen molar-refractivity contribution >= 4 is 5.97 Å². The lowest BCUT2D eigenvalue weighted by molar-refractivity contribution is -0.170. The monoisotopic (exact) mass is 199 g/mol. The number of carbonyl (C=O) groups excluding carboxylic acids is 1. The molecule has 2 aliphatic rings. The first-order chi connectivity index (χ1) is 6.57. The van der Waals surface area contributed by atoms with E-state index in [1.165, 1.54) is 7.11 Å². The number of rotatable bonds is 1. The predicted octanol–water partition coefficient (Wildman–Crippen LogP) is 0.147. The Balaban J connectivity index is 2.15. The molecular weight excluding hydrogens is 182 g/mol. The molecule has 2 bridgehead atoms. The molecular formula is C10H17NO3. The maximum Gasteiger partial charge on any atom is 0.337 e. The van der Waals surface area contributed by atoms with Crippen molar-refractivity contribution in [3.8, 4) is 0 Å². The lowest BCUT2D eigenvalue weighted by Crippen LogP contribution is -2.53. The third-order valence-electron chi connectivity index (χ3n) is 3.70. The number of esters is 1. The Morgan fingerprint density at radius 2 is 1.93 bits per heavy atom. The van der Waals surface area contributed by atoms with Crippen LogP contribution in [-0.2, 0) is 9.53 Å². The van der Waals surface area contributed by atoms with Gasteiger partial charge in [-0.3, -0.25) is 0 Å². The van der Waals surface area contributed by atoms with E-state index >= 15 is 0 Å².